The standard InChI is InChI=1S/C15H20N6O/c16-13-21(14-18-17-12-3-1-2-6-20(12)14)10-15(22-13)9-19-7-4-11(15)5-8-19/h1-3,6,11,13H,4-5,7-10,16H2. The Hall–Kier alpha value is -1.70. The summed E-state index contributed by atoms with van der Waals surface area (Å²) in [6, 6.07) is 5.89. The van der Waals surface area contributed by atoms with Gasteiger partial charge in [-0.3, -0.25) is 15.0 Å². The van der Waals surface area contributed by atoms with Crippen molar-refractivity contribution in [2.24, 2.45) is 11.7 Å². The Kier molecular flexibility index (Phi) is 2.56. The van der Waals surface area contributed by atoms with Gasteiger partial charge in [0.15, 0.2) is 12.0 Å². The van der Waals surface area contributed by atoms with Crippen molar-refractivity contribution in [1.82, 2.24) is 19.5 Å². The van der Waals surface area contributed by atoms with E-state index in [9.17, 15) is 0 Å². The van der Waals surface area contributed by atoms with E-state index in [0.29, 0.717) is 5.92 Å². The molecule has 2 aromatic rings. The zero-order chi connectivity index (χ0) is 14.7. The minimum absolute atomic E-state index is 0.142. The van der Waals surface area contributed by atoms with E-state index in [0.717, 1.165) is 24.7 Å². The van der Waals surface area contributed by atoms with E-state index >= 15 is 0 Å². The second-order valence-corrected chi connectivity index (χ2v) is 6.68. The van der Waals surface area contributed by atoms with Crippen LogP contribution in [0.2, 0.25) is 0 Å². The van der Waals surface area contributed by atoms with Crippen molar-refractivity contribution in [3.8, 4) is 0 Å². The summed E-state index contributed by atoms with van der Waals surface area (Å²) in [6.45, 7) is 4.17. The summed E-state index contributed by atoms with van der Waals surface area (Å²) >= 11 is 0. The normalized spacial score (nSPS) is 37.5. The number of hydrogen-bond acceptors (Lipinski definition) is 6. The van der Waals surface area contributed by atoms with Crippen LogP contribution in [-0.2, 0) is 4.74 Å². The highest BCUT2D eigenvalue weighted by Crippen LogP contribution is 2.43. The lowest BCUT2D eigenvalue weighted by Gasteiger charge is -2.50. The SMILES string of the molecule is NC1OC2(CN3CCC2CC3)CN1c1nnc2ccccn12. The molecule has 116 valence electrons. The van der Waals surface area contributed by atoms with Crippen LogP contribution in [-0.4, -0.2) is 57.6 Å². The number of hydrogen-bond donors (Lipinski definition) is 1. The van der Waals surface area contributed by atoms with E-state index in [-0.39, 0.29) is 5.60 Å². The number of aromatic nitrogens is 3. The summed E-state index contributed by atoms with van der Waals surface area (Å²) in [4.78, 5) is 4.56. The molecule has 0 saturated carbocycles. The largest absolute Gasteiger partial charge is 0.335 e. The second kappa shape index (κ2) is 4.41. The van der Waals surface area contributed by atoms with Gasteiger partial charge in [0.25, 0.3) is 0 Å². The summed E-state index contributed by atoms with van der Waals surface area (Å²) in [5, 5.41) is 8.56. The fourth-order valence-corrected chi connectivity index (χ4v) is 4.37. The van der Waals surface area contributed by atoms with Crippen LogP contribution in [0, 0.1) is 5.92 Å². The molecular formula is C15H20N6O. The molecule has 4 fully saturated rings. The van der Waals surface area contributed by atoms with Gasteiger partial charge in [-0.2, -0.15) is 0 Å². The summed E-state index contributed by atoms with van der Waals surface area (Å²) in [7, 11) is 0. The molecule has 7 nitrogen and oxygen atoms in total. The number of pyridine rings is 1. The predicted octanol–water partition coefficient (Wildman–Crippen LogP) is 0.273. The van der Waals surface area contributed by atoms with E-state index in [1.807, 2.05) is 28.8 Å². The fourth-order valence-electron chi connectivity index (χ4n) is 4.37. The van der Waals surface area contributed by atoms with Gasteiger partial charge in [0.2, 0.25) is 5.95 Å². The van der Waals surface area contributed by atoms with Crippen molar-refractivity contribution in [1.29, 1.82) is 0 Å². The van der Waals surface area contributed by atoms with Crippen LogP contribution in [0.1, 0.15) is 12.8 Å². The molecule has 0 aliphatic carbocycles. The van der Waals surface area contributed by atoms with E-state index in [4.69, 9.17) is 10.5 Å². The molecule has 0 amide bonds. The van der Waals surface area contributed by atoms with E-state index in [1.165, 1.54) is 25.9 Å². The lowest BCUT2D eigenvalue weighted by Crippen LogP contribution is -2.61. The van der Waals surface area contributed by atoms with Crippen LogP contribution in [0.4, 0.5) is 5.95 Å². The van der Waals surface area contributed by atoms with Gasteiger partial charge in [0.05, 0.1) is 6.54 Å². The predicted molar refractivity (Wildman–Crippen MR) is 81.3 cm³/mol. The van der Waals surface area contributed by atoms with Crippen LogP contribution in [0.3, 0.4) is 0 Å². The molecule has 2 atom stereocenters. The van der Waals surface area contributed by atoms with E-state index in [2.05, 4.69) is 20.0 Å². The summed E-state index contributed by atoms with van der Waals surface area (Å²) in [6.07, 6.45) is 3.94. The van der Waals surface area contributed by atoms with Crippen molar-refractivity contribution in [2.75, 3.05) is 31.1 Å². The molecule has 4 saturated heterocycles. The molecule has 2 aromatic heterocycles. The van der Waals surface area contributed by atoms with Gasteiger partial charge in [0.1, 0.15) is 5.60 Å². The van der Waals surface area contributed by atoms with Crippen molar-refractivity contribution in [2.45, 2.75) is 24.8 Å². The molecule has 7 heteroatoms. The van der Waals surface area contributed by atoms with Gasteiger partial charge < -0.3 is 9.64 Å². The maximum Gasteiger partial charge on any atom is 0.234 e. The molecule has 4 aliphatic heterocycles. The average Bonchev–Trinajstić information content (AvgIpc) is 3.10. The van der Waals surface area contributed by atoms with E-state index < -0.39 is 6.35 Å². The highest BCUT2D eigenvalue weighted by atomic mass is 16.6. The second-order valence-electron chi connectivity index (χ2n) is 6.68. The third-order valence-corrected chi connectivity index (χ3v) is 5.48. The first-order chi connectivity index (χ1) is 10.8. The Morgan fingerprint density at radius 3 is 2.82 bits per heavy atom. The van der Waals surface area contributed by atoms with Crippen LogP contribution < -0.4 is 10.6 Å². The van der Waals surface area contributed by atoms with Crippen LogP contribution in [0.25, 0.3) is 5.65 Å². The minimum Gasteiger partial charge on any atom is -0.335 e. The molecule has 6 heterocycles. The number of anilines is 1. The Morgan fingerprint density at radius 1 is 1.18 bits per heavy atom. The van der Waals surface area contributed by atoms with Crippen LogP contribution in [0.15, 0.2) is 24.4 Å². The van der Waals surface area contributed by atoms with Gasteiger partial charge in [-0.15, -0.1) is 10.2 Å². The van der Waals surface area contributed by atoms with Crippen molar-refractivity contribution in [3.05, 3.63) is 24.4 Å². The molecule has 0 aromatic carbocycles. The molecule has 4 aliphatic rings. The zero-order valence-corrected chi connectivity index (χ0v) is 12.4. The van der Waals surface area contributed by atoms with Gasteiger partial charge in [-0.25, -0.2) is 0 Å². The van der Waals surface area contributed by atoms with Gasteiger partial charge in [-0.1, -0.05) is 6.07 Å². The summed E-state index contributed by atoms with van der Waals surface area (Å²) < 4.78 is 8.27. The highest BCUT2D eigenvalue weighted by molar-refractivity contribution is 5.47. The summed E-state index contributed by atoms with van der Waals surface area (Å²) in [5.41, 5.74) is 6.99. The van der Waals surface area contributed by atoms with Crippen molar-refractivity contribution in [3.63, 3.8) is 0 Å². The maximum absolute atomic E-state index is 6.30. The van der Waals surface area contributed by atoms with Crippen LogP contribution >= 0.6 is 0 Å². The Bertz CT molecular complexity index is 709. The minimum atomic E-state index is -0.451. The topological polar surface area (TPSA) is 71.9 Å². The Balaban J connectivity index is 1.52. The lowest BCUT2D eigenvalue weighted by atomic mass is 9.75. The molecule has 1 spiro atoms. The van der Waals surface area contributed by atoms with Crippen molar-refractivity contribution < 1.29 is 4.74 Å². The number of rotatable bonds is 1. The number of ether oxygens (including phenoxy) is 1. The number of piperidine rings is 3. The highest BCUT2D eigenvalue weighted by Gasteiger charge is 2.54. The number of nitrogens with zero attached hydrogens (tertiary/aromatic N) is 5. The molecule has 22 heavy (non-hydrogen) atoms. The molecule has 2 bridgehead atoms. The van der Waals surface area contributed by atoms with Crippen molar-refractivity contribution >= 4 is 11.6 Å². The molecular weight excluding hydrogens is 280 g/mol. The summed E-state index contributed by atoms with van der Waals surface area (Å²) in [5.74, 6) is 1.38. The third kappa shape index (κ3) is 1.67. The Labute approximate surface area is 128 Å². The molecule has 2 N–H and O–H groups in total. The molecule has 2 unspecified atom stereocenters. The fraction of sp³-hybridized carbons (Fsp3) is 0.600. The van der Waals surface area contributed by atoms with Crippen LogP contribution in [0.5, 0.6) is 0 Å². The average molecular weight is 300 g/mol. The zero-order valence-electron chi connectivity index (χ0n) is 12.4. The number of fused-ring (bicyclic) bond motifs is 3. The first-order valence-electron chi connectivity index (χ1n) is 7.97. The molecule has 6 rings (SSSR count). The first-order valence-corrected chi connectivity index (χ1v) is 7.97. The number of nitrogens with two attached hydrogens (primary N) is 1. The Morgan fingerprint density at radius 2 is 2.05 bits per heavy atom. The van der Waals surface area contributed by atoms with Gasteiger partial charge >= 0.3 is 0 Å². The maximum atomic E-state index is 6.30. The van der Waals surface area contributed by atoms with Gasteiger partial charge in [0, 0.05) is 12.7 Å². The van der Waals surface area contributed by atoms with Gasteiger partial charge in [-0.05, 0) is 44.0 Å². The smallest absolute Gasteiger partial charge is 0.234 e. The lowest BCUT2D eigenvalue weighted by molar-refractivity contribution is -0.137. The van der Waals surface area contributed by atoms with E-state index in [1.54, 1.807) is 0 Å². The first kappa shape index (κ1) is 12.8. The third-order valence-electron chi connectivity index (χ3n) is 5.48. The quantitative estimate of drug-likeness (QED) is 0.815. The monoisotopic (exact) mass is 300 g/mol. The molecule has 0 radical (unpaired) electrons.